The number of amides is 1. The van der Waals surface area contributed by atoms with Crippen molar-refractivity contribution in [3.63, 3.8) is 0 Å². The molecule has 6 heteroatoms. The van der Waals surface area contributed by atoms with Gasteiger partial charge in [0.05, 0.1) is 11.8 Å². The molecule has 1 saturated heterocycles. The fourth-order valence-corrected chi connectivity index (χ4v) is 3.19. The number of likely N-dealkylation sites (tertiary alicyclic amines) is 1. The van der Waals surface area contributed by atoms with E-state index < -0.39 is 5.60 Å². The number of halogens is 1. The quantitative estimate of drug-likeness (QED) is 0.884. The van der Waals surface area contributed by atoms with E-state index in [-0.39, 0.29) is 11.7 Å². The van der Waals surface area contributed by atoms with Crippen molar-refractivity contribution in [2.45, 2.75) is 37.7 Å². The van der Waals surface area contributed by atoms with E-state index in [4.69, 9.17) is 0 Å². The third-order valence-electron chi connectivity index (χ3n) is 4.74. The van der Waals surface area contributed by atoms with Gasteiger partial charge >= 0.3 is 0 Å². The number of piperidine rings is 1. The summed E-state index contributed by atoms with van der Waals surface area (Å²) in [5.74, 6) is -0.188. The van der Waals surface area contributed by atoms with Crippen LogP contribution in [0.25, 0.3) is 0 Å². The van der Waals surface area contributed by atoms with Crippen LogP contribution < -0.4 is 0 Å². The minimum Gasteiger partial charge on any atom is -0.385 e. The largest absolute Gasteiger partial charge is 0.385 e. The van der Waals surface area contributed by atoms with Crippen molar-refractivity contribution in [3.05, 3.63) is 53.6 Å². The van der Waals surface area contributed by atoms with Crippen LogP contribution in [0.4, 0.5) is 4.39 Å². The number of aromatic amines is 1. The van der Waals surface area contributed by atoms with Gasteiger partial charge in [-0.1, -0.05) is 12.1 Å². The third-order valence-corrected chi connectivity index (χ3v) is 4.74. The van der Waals surface area contributed by atoms with Crippen LogP contribution in [0.3, 0.4) is 0 Å². The summed E-state index contributed by atoms with van der Waals surface area (Å²) in [6.07, 6.45) is 6.69. The number of benzene rings is 1. The molecule has 0 saturated carbocycles. The van der Waals surface area contributed by atoms with Gasteiger partial charge in [-0.2, -0.15) is 5.10 Å². The van der Waals surface area contributed by atoms with Gasteiger partial charge in [0.2, 0.25) is 5.91 Å². The number of rotatable bonds is 5. The van der Waals surface area contributed by atoms with Gasteiger partial charge in [0.1, 0.15) is 5.82 Å². The number of hydrogen-bond acceptors (Lipinski definition) is 3. The Morgan fingerprint density at radius 3 is 2.62 bits per heavy atom. The number of aliphatic hydroxyl groups is 1. The molecule has 3 rings (SSSR count). The average Bonchev–Trinajstić information content (AvgIpc) is 3.09. The molecular weight excluding hydrogens is 309 g/mol. The van der Waals surface area contributed by atoms with Crippen molar-refractivity contribution < 1.29 is 14.3 Å². The Kier molecular flexibility index (Phi) is 4.94. The third kappa shape index (κ3) is 3.82. The summed E-state index contributed by atoms with van der Waals surface area (Å²) >= 11 is 0. The molecule has 2 heterocycles. The summed E-state index contributed by atoms with van der Waals surface area (Å²) in [6, 6.07) is 5.97. The summed E-state index contributed by atoms with van der Waals surface area (Å²) in [5, 5.41) is 17.4. The second-order valence-corrected chi connectivity index (χ2v) is 6.38. The molecule has 1 aliphatic heterocycles. The zero-order valence-corrected chi connectivity index (χ0v) is 13.5. The summed E-state index contributed by atoms with van der Waals surface area (Å²) in [6.45, 7) is 1.05. The van der Waals surface area contributed by atoms with Crippen LogP contribution in [0.2, 0.25) is 0 Å². The molecule has 5 nitrogen and oxygen atoms in total. The molecule has 0 bridgehead atoms. The van der Waals surface area contributed by atoms with Gasteiger partial charge in [0.25, 0.3) is 0 Å². The Bertz CT molecular complexity index is 662. The van der Waals surface area contributed by atoms with E-state index in [1.54, 1.807) is 18.3 Å². The normalized spacial score (nSPS) is 17.0. The van der Waals surface area contributed by atoms with Crippen molar-refractivity contribution in [1.29, 1.82) is 0 Å². The molecule has 0 aliphatic carbocycles. The number of H-pyrrole nitrogens is 1. The maximum Gasteiger partial charge on any atom is 0.222 e. The van der Waals surface area contributed by atoms with Crippen LogP contribution in [0.1, 0.15) is 36.8 Å². The lowest BCUT2D eigenvalue weighted by molar-refractivity contribution is -0.135. The van der Waals surface area contributed by atoms with E-state index in [0.29, 0.717) is 32.4 Å². The lowest BCUT2D eigenvalue weighted by Crippen LogP contribution is -2.45. The fourth-order valence-electron chi connectivity index (χ4n) is 3.19. The highest BCUT2D eigenvalue weighted by Gasteiger charge is 2.35. The van der Waals surface area contributed by atoms with E-state index in [1.807, 2.05) is 11.1 Å². The highest BCUT2D eigenvalue weighted by Crippen LogP contribution is 2.33. The smallest absolute Gasteiger partial charge is 0.222 e. The molecule has 1 amide bonds. The highest BCUT2D eigenvalue weighted by molar-refractivity contribution is 5.76. The zero-order valence-electron chi connectivity index (χ0n) is 13.5. The molecule has 2 N–H and O–H groups in total. The van der Waals surface area contributed by atoms with Gasteiger partial charge in [-0.15, -0.1) is 0 Å². The summed E-state index contributed by atoms with van der Waals surface area (Å²) in [4.78, 5) is 14.1. The first-order valence-electron chi connectivity index (χ1n) is 8.31. The minimum atomic E-state index is -0.971. The van der Waals surface area contributed by atoms with Crippen LogP contribution in [-0.2, 0) is 16.8 Å². The maximum absolute atomic E-state index is 13.0. The van der Waals surface area contributed by atoms with Crippen LogP contribution in [0.15, 0.2) is 36.7 Å². The van der Waals surface area contributed by atoms with E-state index in [0.717, 1.165) is 24.0 Å². The van der Waals surface area contributed by atoms with Crippen molar-refractivity contribution >= 4 is 5.91 Å². The molecule has 0 atom stereocenters. The molecule has 0 radical (unpaired) electrons. The first kappa shape index (κ1) is 16.6. The monoisotopic (exact) mass is 331 g/mol. The summed E-state index contributed by atoms with van der Waals surface area (Å²) in [7, 11) is 0. The Morgan fingerprint density at radius 1 is 1.29 bits per heavy atom. The predicted octanol–water partition coefficient (Wildman–Crippen LogP) is 2.38. The molecule has 0 unspecified atom stereocenters. The molecule has 1 aromatic heterocycles. The molecule has 24 heavy (non-hydrogen) atoms. The number of nitrogens with zero attached hydrogens (tertiary/aromatic N) is 2. The Hall–Kier alpha value is -2.21. The summed E-state index contributed by atoms with van der Waals surface area (Å²) < 4.78 is 13.0. The average molecular weight is 331 g/mol. The Labute approximate surface area is 140 Å². The molecule has 1 aromatic carbocycles. The maximum atomic E-state index is 13.0. The first-order chi connectivity index (χ1) is 11.6. The molecular formula is C18H22FN3O2. The van der Waals surface area contributed by atoms with Gasteiger partial charge < -0.3 is 10.0 Å². The van der Waals surface area contributed by atoms with E-state index in [9.17, 15) is 14.3 Å². The number of carbonyl (C=O) groups excluding carboxylic acids is 1. The number of nitrogens with one attached hydrogen (secondary N) is 1. The number of aryl methyl sites for hydroxylation is 1. The number of carbonyl (C=O) groups is 1. The highest BCUT2D eigenvalue weighted by atomic mass is 19.1. The van der Waals surface area contributed by atoms with Gasteiger partial charge in [0.15, 0.2) is 0 Å². The summed E-state index contributed by atoms with van der Waals surface area (Å²) in [5.41, 5.74) is 0.851. The van der Waals surface area contributed by atoms with E-state index >= 15 is 0 Å². The van der Waals surface area contributed by atoms with E-state index in [1.165, 1.54) is 12.1 Å². The standard InChI is InChI=1S/C18H22FN3O2/c19-16-6-4-15(5-7-16)18(24)8-10-22(11-9-18)17(23)3-1-2-14-12-20-21-13-14/h4-7,12-13,24H,1-3,8-11H2,(H,20,21). The lowest BCUT2D eigenvalue weighted by atomic mass is 9.84. The van der Waals surface area contributed by atoms with Crippen LogP contribution in [-0.4, -0.2) is 39.2 Å². The SMILES string of the molecule is O=C(CCCc1cn[nH]c1)N1CCC(O)(c2ccc(F)cc2)CC1. The van der Waals surface area contributed by atoms with Crippen LogP contribution >= 0.6 is 0 Å². The Morgan fingerprint density at radius 2 is 2.00 bits per heavy atom. The van der Waals surface area contributed by atoms with Crippen molar-refractivity contribution in [1.82, 2.24) is 15.1 Å². The minimum absolute atomic E-state index is 0.125. The van der Waals surface area contributed by atoms with Gasteiger partial charge in [-0.25, -0.2) is 4.39 Å². The van der Waals surface area contributed by atoms with Gasteiger partial charge in [-0.3, -0.25) is 9.89 Å². The zero-order chi connectivity index (χ0) is 17.0. The predicted molar refractivity (Wildman–Crippen MR) is 87.6 cm³/mol. The molecule has 0 spiro atoms. The first-order valence-corrected chi connectivity index (χ1v) is 8.31. The fraction of sp³-hybridized carbons (Fsp3) is 0.444. The lowest BCUT2D eigenvalue weighted by Gasteiger charge is -2.38. The number of hydrogen-bond donors (Lipinski definition) is 2. The topological polar surface area (TPSA) is 69.2 Å². The van der Waals surface area contributed by atoms with E-state index in [2.05, 4.69) is 10.2 Å². The second kappa shape index (κ2) is 7.13. The molecule has 1 aliphatic rings. The number of aromatic nitrogens is 2. The van der Waals surface area contributed by atoms with Crippen molar-refractivity contribution in [2.75, 3.05) is 13.1 Å². The Balaban J connectivity index is 1.48. The van der Waals surface area contributed by atoms with Gasteiger partial charge in [0, 0.05) is 25.7 Å². The molecule has 1 fully saturated rings. The van der Waals surface area contributed by atoms with Crippen LogP contribution in [0.5, 0.6) is 0 Å². The van der Waals surface area contributed by atoms with Gasteiger partial charge in [-0.05, 0) is 48.9 Å². The second-order valence-electron chi connectivity index (χ2n) is 6.38. The molecule has 128 valence electrons. The van der Waals surface area contributed by atoms with Crippen molar-refractivity contribution in [3.8, 4) is 0 Å². The molecule has 2 aromatic rings. The van der Waals surface area contributed by atoms with Crippen molar-refractivity contribution in [2.24, 2.45) is 0 Å². The van der Waals surface area contributed by atoms with Crippen LogP contribution in [0, 0.1) is 5.82 Å².